The van der Waals surface area contributed by atoms with Crippen molar-refractivity contribution >= 4 is 39.9 Å². The number of amidine groups is 1. The largest absolute Gasteiger partial charge is 0.435 e. The van der Waals surface area contributed by atoms with Gasteiger partial charge in [-0.15, -0.1) is 0 Å². The maximum atomic E-state index is 13.7. The van der Waals surface area contributed by atoms with Gasteiger partial charge in [-0.1, -0.05) is 5.16 Å². The SMILES string of the molecule is CC1=NCCN1c1cc(-n2ccnc2C)ccc1NC(=O)c1cc(C(F)(F)F)nn1-c1ccc2onc(N)c2c1. The van der Waals surface area contributed by atoms with Crippen LogP contribution in [0.15, 0.2) is 64.4 Å². The smallest absolute Gasteiger partial charge is 0.380 e. The highest BCUT2D eigenvalue weighted by Gasteiger charge is 2.36. The monoisotopic (exact) mass is 549 g/mol. The molecule has 1 amide bonds. The van der Waals surface area contributed by atoms with E-state index in [9.17, 15) is 18.0 Å². The lowest BCUT2D eigenvalue weighted by molar-refractivity contribution is -0.141. The zero-order valence-corrected chi connectivity index (χ0v) is 21.3. The Bertz CT molecular complexity index is 1800. The highest BCUT2D eigenvalue weighted by Crippen LogP contribution is 2.34. The number of carbonyl (C=O) groups is 1. The molecule has 204 valence electrons. The van der Waals surface area contributed by atoms with Crippen molar-refractivity contribution in [3.05, 3.63) is 72.1 Å². The van der Waals surface area contributed by atoms with E-state index in [2.05, 4.69) is 25.5 Å². The number of fused-ring (bicyclic) bond motifs is 1. The Kier molecular flexibility index (Phi) is 5.82. The van der Waals surface area contributed by atoms with Crippen molar-refractivity contribution in [1.82, 2.24) is 24.5 Å². The average molecular weight is 550 g/mol. The molecule has 40 heavy (non-hydrogen) atoms. The number of carbonyl (C=O) groups excluding carboxylic acids is 1. The second-order valence-corrected chi connectivity index (χ2v) is 9.15. The Labute approximate surface area is 224 Å². The third-order valence-electron chi connectivity index (χ3n) is 6.64. The third-order valence-corrected chi connectivity index (χ3v) is 6.64. The van der Waals surface area contributed by atoms with Crippen LogP contribution >= 0.6 is 0 Å². The molecule has 0 spiro atoms. The number of nitrogen functional groups attached to an aromatic ring is 1. The number of aryl methyl sites for hydroxylation is 1. The summed E-state index contributed by atoms with van der Waals surface area (Å²) in [6.07, 6.45) is -1.29. The van der Waals surface area contributed by atoms with Gasteiger partial charge in [0.1, 0.15) is 17.4 Å². The summed E-state index contributed by atoms with van der Waals surface area (Å²) in [4.78, 5) is 24.2. The first kappa shape index (κ1) is 25.2. The van der Waals surface area contributed by atoms with E-state index in [0.29, 0.717) is 41.5 Å². The number of nitrogens with one attached hydrogen (secondary N) is 1. The number of hydrogen-bond acceptors (Lipinski definition) is 8. The quantitative estimate of drug-likeness (QED) is 0.327. The molecule has 3 N–H and O–H groups in total. The van der Waals surface area contributed by atoms with Crippen molar-refractivity contribution in [2.24, 2.45) is 4.99 Å². The number of nitrogens with two attached hydrogens (primary N) is 1. The summed E-state index contributed by atoms with van der Waals surface area (Å²) in [6.45, 7) is 4.87. The van der Waals surface area contributed by atoms with E-state index in [1.165, 1.54) is 18.2 Å². The molecule has 14 heteroatoms. The zero-order chi connectivity index (χ0) is 28.2. The molecule has 11 nitrogen and oxygen atoms in total. The molecular formula is C26H22F3N9O2. The van der Waals surface area contributed by atoms with Gasteiger partial charge in [-0.3, -0.25) is 9.79 Å². The molecule has 0 bridgehead atoms. The molecule has 0 fully saturated rings. The maximum absolute atomic E-state index is 13.7. The van der Waals surface area contributed by atoms with Gasteiger partial charge in [-0.25, -0.2) is 9.67 Å². The number of hydrogen-bond donors (Lipinski definition) is 2. The molecule has 0 atom stereocenters. The molecule has 0 aliphatic carbocycles. The van der Waals surface area contributed by atoms with Gasteiger partial charge in [-0.05, 0) is 50.2 Å². The van der Waals surface area contributed by atoms with Crippen molar-refractivity contribution in [2.75, 3.05) is 29.0 Å². The molecule has 0 saturated carbocycles. The van der Waals surface area contributed by atoms with Crippen molar-refractivity contribution < 1.29 is 22.5 Å². The van der Waals surface area contributed by atoms with Crippen LogP contribution in [0.4, 0.5) is 30.4 Å². The Morgan fingerprint density at radius 3 is 2.60 bits per heavy atom. The van der Waals surface area contributed by atoms with Crippen LogP contribution in [-0.2, 0) is 6.18 Å². The van der Waals surface area contributed by atoms with Gasteiger partial charge in [0.25, 0.3) is 5.91 Å². The molecule has 1 aliphatic rings. The van der Waals surface area contributed by atoms with E-state index < -0.39 is 17.8 Å². The summed E-state index contributed by atoms with van der Waals surface area (Å²) in [6, 6.07) is 10.5. The Morgan fingerprint density at radius 2 is 1.90 bits per heavy atom. The minimum Gasteiger partial charge on any atom is -0.380 e. The first-order chi connectivity index (χ1) is 19.1. The lowest BCUT2D eigenvalue weighted by Gasteiger charge is -2.23. The molecule has 0 unspecified atom stereocenters. The molecule has 2 aromatic carbocycles. The number of aliphatic imine (C=N–C) groups is 1. The number of amides is 1. The number of nitrogens with zero attached hydrogens (tertiary/aromatic N) is 7. The number of imidazole rings is 1. The van der Waals surface area contributed by atoms with Gasteiger partial charge in [0.15, 0.2) is 17.1 Å². The summed E-state index contributed by atoms with van der Waals surface area (Å²) in [5.74, 6) is 0.789. The Hall–Kier alpha value is -5.14. The average Bonchev–Trinajstić information content (AvgIpc) is 3.71. The third kappa shape index (κ3) is 4.32. The predicted molar refractivity (Wildman–Crippen MR) is 142 cm³/mol. The van der Waals surface area contributed by atoms with Gasteiger partial charge >= 0.3 is 6.18 Å². The first-order valence-electron chi connectivity index (χ1n) is 12.2. The Morgan fingerprint density at radius 1 is 1.10 bits per heavy atom. The van der Waals surface area contributed by atoms with Crippen LogP contribution in [0.3, 0.4) is 0 Å². The van der Waals surface area contributed by atoms with Crippen LogP contribution in [0.1, 0.15) is 28.9 Å². The van der Waals surface area contributed by atoms with E-state index in [1.807, 2.05) is 35.6 Å². The van der Waals surface area contributed by atoms with Crippen molar-refractivity contribution in [3.63, 3.8) is 0 Å². The molecular weight excluding hydrogens is 527 g/mol. The normalized spacial score (nSPS) is 13.7. The molecule has 3 aromatic heterocycles. The summed E-state index contributed by atoms with van der Waals surface area (Å²) in [7, 11) is 0. The summed E-state index contributed by atoms with van der Waals surface area (Å²) in [5.41, 5.74) is 6.63. The fraction of sp³-hybridized carbons (Fsp3) is 0.192. The Balaban J connectivity index is 1.42. The predicted octanol–water partition coefficient (Wildman–Crippen LogP) is 4.60. The van der Waals surface area contributed by atoms with Gasteiger partial charge in [0.05, 0.1) is 29.0 Å². The van der Waals surface area contributed by atoms with Crippen molar-refractivity contribution in [2.45, 2.75) is 20.0 Å². The van der Waals surface area contributed by atoms with Crippen LogP contribution in [-0.4, -0.2) is 49.3 Å². The van der Waals surface area contributed by atoms with Gasteiger partial charge in [0, 0.05) is 30.7 Å². The summed E-state index contributed by atoms with van der Waals surface area (Å²) in [5, 5.41) is 10.5. The van der Waals surface area contributed by atoms with Gasteiger partial charge < -0.3 is 25.0 Å². The van der Waals surface area contributed by atoms with Gasteiger partial charge in [0.2, 0.25) is 0 Å². The van der Waals surface area contributed by atoms with E-state index in [0.717, 1.165) is 22.0 Å². The standard InChI is InChI=1S/C26H22F3N9O2/c1-14-31-7-9-36(14)16-3-5-19(20(12-16)37-10-8-32-15(37)2)33-25(39)21-13-23(26(27,28)29)34-38(21)17-4-6-22-18(11-17)24(30)35-40-22/h3-7,9,11-13H,8,10H2,1-2H3,(H2,30,35)(H,33,39). The number of aromatic nitrogens is 5. The number of rotatable bonds is 5. The maximum Gasteiger partial charge on any atom is 0.435 e. The second kappa shape index (κ2) is 9.25. The van der Waals surface area contributed by atoms with E-state index >= 15 is 0 Å². The number of halogens is 3. The fourth-order valence-electron chi connectivity index (χ4n) is 4.65. The van der Waals surface area contributed by atoms with E-state index in [-0.39, 0.29) is 17.2 Å². The molecule has 0 radical (unpaired) electrons. The highest BCUT2D eigenvalue weighted by atomic mass is 19.4. The lowest BCUT2D eigenvalue weighted by Crippen LogP contribution is -2.27. The van der Waals surface area contributed by atoms with Crippen molar-refractivity contribution in [1.29, 1.82) is 0 Å². The summed E-state index contributed by atoms with van der Waals surface area (Å²) >= 11 is 0. The number of anilines is 3. The van der Waals surface area contributed by atoms with Gasteiger partial charge in [-0.2, -0.15) is 18.3 Å². The molecule has 0 saturated heterocycles. The van der Waals surface area contributed by atoms with Crippen LogP contribution in [0.25, 0.3) is 22.3 Å². The molecule has 4 heterocycles. The zero-order valence-electron chi connectivity index (χ0n) is 21.3. The second-order valence-electron chi connectivity index (χ2n) is 9.15. The topological polar surface area (TPSA) is 132 Å². The highest BCUT2D eigenvalue weighted by molar-refractivity contribution is 6.08. The van der Waals surface area contributed by atoms with E-state index in [4.69, 9.17) is 10.3 Å². The molecule has 1 aliphatic heterocycles. The minimum absolute atomic E-state index is 0.0616. The first-order valence-corrected chi connectivity index (χ1v) is 12.2. The lowest BCUT2D eigenvalue weighted by atomic mass is 10.2. The van der Waals surface area contributed by atoms with Crippen LogP contribution in [0.5, 0.6) is 0 Å². The van der Waals surface area contributed by atoms with Crippen LogP contribution in [0.2, 0.25) is 0 Å². The van der Waals surface area contributed by atoms with Crippen LogP contribution < -0.4 is 16.0 Å². The fourth-order valence-corrected chi connectivity index (χ4v) is 4.65. The number of benzene rings is 2. The minimum atomic E-state index is -4.78. The van der Waals surface area contributed by atoms with Crippen LogP contribution in [0, 0.1) is 6.92 Å². The molecule has 6 rings (SSSR count). The number of alkyl halides is 3. The summed E-state index contributed by atoms with van der Waals surface area (Å²) < 4.78 is 49.0. The van der Waals surface area contributed by atoms with Crippen molar-refractivity contribution in [3.8, 4) is 11.4 Å². The molecule has 5 aromatic rings. The van der Waals surface area contributed by atoms with E-state index in [1.54, 1.807) is 18.3 Å².